The maximum absolute atomic E-state index is 12.3. The van der Waals surface area contributed by atoms with Crippen LogP contribution in [0.5, 0.6) is 11.5 Å². The SMILES string of the molecule is CCC(=O)Oc1ccc2cc(-c3ccc(OC)cc3)c(=O)oc2c1. The van der Waals surface area contributed by atoms with E-state index in [0.29, 0.717) is 22.6 Å². The first-order chi connectivity index (χ1) is 11.6. The zero-order valence-electron chi connectivity index (χ0n) is 13.4. The number of rotatable bonds is 4. The number of methoxy groups -OCH3 is 1. The number of fused-ring (bicyclic) bond motifs is 1. The molecule has 0 N–H and O–H groups in total. The van der Waals surface area contributed by atoms with Gasteiger partial charge in [0.1, 0.15) is 17.1 Å². The Balaban J connectivity index is 2.02. The van der Waals surface area contributed by atoms with Gasteiger partial charge in [-0.2, -0.15) is 0 Å². The monoisotopic (exact) mass is 324 g/mol. The highest BCUT2D eigenvalue weighted by atomic mass is 16.5. The van der Waals surface area contributed by atoms with Crippen LogP contribution in [-0.2, 0) is 4.79 Å². The molecule has 0 saturated carbocycles. The molecule has 1 heterocycles. The third-order valence-electron chi connectivity index (χ3n) is 3.63. The molecule has 0 fully saturated rings. The summed E-state index contributed by atoms with van der Waals surface area (Å²) >= 11 is 0. The molecule has 0 saturated heterocycles. The van der Waals surface area contributed by atoms with Crippen molar-refractivity contribution < 1.29 is 18.7 Å². The summed E-state index contributed by atoms with van der Waals surface area (Å²) in [6.07, 6.45) is 0.276. The van der Waals surface area contributed by atoms with Gasteiger partial charge in [-0.05, 0) is 35.9 Å². The molecule has 0 aliphatic carbocycles. The molecule has 2 aromatic carbocycles. The fraction of sp³-hybridized carbons (Fsp3) is 0.158. The van der Waals surface area contributed by atoms with Crippen LogP contribution < -0.4 is 15.1 Å². The van der Waals surface area contributed by atoms with E-state index in [9.17, 15) is 9.59 Å². The van der Waals surface area contributed by atoms with Crippen molar-refractivity contribution in [2.75, 3.05) is 7.11 Å². The van der Waals surface area contributed by atoms with E-state index in [0.717, 1.165) is 10.9 Å². The molecule has 3 rings (SSSR count). The second kappa shape index (κ2) is 6.58. The second-order valence-corrected chi connectivity index (χ2v) is 5.20. The first-order valence-electron chi connectivity index (χ1n) is 7.53. The molecule has 122 valence electrons. The third kappa shape index (κ3) is 3.15. The number of carbonyl (C=O) groups excluding carboxylic acids is 1. The maximum atomic E-state index is 12.3. The van der Waals surface area contributed by atoms with Crippen LogP contribution in [-0.4, -0.2) is 13.1 Å². The lowest BCUT2D eigenvalue weighted by Gasteiger charge is -2.06. The molecule has 1 aromatic heterocycles. The van der Waals surface area contributed by atoms with Gasteiger partial charge in [0.25, 0.3) is 0 Å². The number of ether oxygens (including phenoxy) is 2. The predicted molar refractivity (Wildman–Crippen MR) is 90.4 cm³/mol. The summed E-state index contributed by atoms with van der Waals surface area (Å²) in [6, 6.07) is 13.9. The van der Waals surface area contributed by atoms with E-state index in [4.69, 9.17) is 13.9 Å². The quantitative estimate of drug-likeness (QED) is 0.415. The number of hydrogen-bond donors (Lipinski definition) is 0. The molecule has 0 amide bonds. The van der Waals surface area contributed by atoms with Gasteiger partial charge in [-0.15, -0.1) is 0 Å². The summed E-state index contributed by atoms with van der Waals surface area (Å²) in [5.41, 5.74) is 1.13. The Labute approximate surface area is 138 Å². The fourth-order valence-corrected chi connectivity index (χ4v) is 2.33. The van der Waals surface area contributed by atoms with Crippen LogP contribution in [0.15, 0.2) is 57.7 Å². The van der Waals surface area contributed by atoms with E-state index in [1.54, 1.807) is 62.6 Å². The minimum Gasteiger partial charge on any atom is -0.497 e. The van der Waals surface area contributed by atoms with Gasteiger partial charge in [-0.1, -0.05) is 19.1 Å². The summed E-state index contributed by atoms with van der Waals surface area (Å²) in [5, 5.41) is 0.747. The molecular formula is C19H16O5. The lowest BCUT2D eigenvalue weighted by Crippen LogP contribution is -2.06. The van der Waals surface area contributed by atoms with Crippen molar-refractivity contribution in [2.45, 2.75) is 13.3 Å². The average molecular weight is 324 g/mol. The lowest BCUT2D eigenvalue weighted by molar-refractivity contribution is -0.134. The zero-order chi connectivity index (χ0) is 17.1. The van der Waals surface area contributed by atoms with Crippen molar-refractivity contribution in [3.05, 3.63) is 59.0 Å². The Morgan fingerprint density at radius 3 is 2.42 bits per heavy atom. The van der Waals surface area contributed by atoms with Gasteiger partial charge in [0.2, 0.25) is 0 Å². The molecule has 24 heavy (non-hydrogen) atoms. The Morgan fingerprint density at radius 1 is 1.04 bits per heavy atom. The van der Waals surface area contributed by atoms with Gasteiger partial charge >= 0.3 is 11.6 Å². The summed E-state index contributed by atoms with van der Waals surface area (Å²) in [4.78, 5) is 23.6. The first kappa shape index (κ1) is 15.8. The van der Waals surface area contributed by atoms with E-state index in [1.807, 2.05) is 0 Å². The minimum absolute atomic E-state index is 0.276. The largest absolute Gasteiger partial charge is 0.497 e. The number of benzene rings is 2. The highest BCUT2D eigenvalue weighted by Crippen LogP contribution is 2.25. The predicted octanol–water partition coefficient (Wildman–Crippen LogP) is 3.78. The van der Waals surface area contributed by atoms with Crippen molar-refractivity contribution in [3.63, 3.8) is 0 Å². The maximum Gasteiger partial charge on any atom is 0.344 e. The van der Waals surface area contributed by atoms with E-state index >= 15 is 0 Å². The van der Waals surface area contributed by atoms with E-state index in [2.05, 4.69) is 0 Å². The summed E-state index contributed by atoms with van der Waals surface area (Å²) in [6.45, 7) is 1.71. The molecule has 0 aliphatic rings. The molecule has 5 heteroatoms. The molecule has 3 aromatic rings. The standard InChI is InChI=1S/C19H16O5/c1-3-18(20)23-15-9-6-13-10-16(19(21)24-17(13)11-15)12-4-7-14(22-2)8-5-12/h4-11H,3H2,1-2H3. The Kier molecular flexibility index (Phi) is 4.33. The minimum atomic E-state index is -0.452. The van der Waals surface area contributed by atoms with Gasteiger partial charge in [-0.3, -0.25) is 4.79 Å². The van der Waals surface area contributed by atoms with E-state index in [-0.39, 0.29) is 12.4 Å². The van der Waals surface area contributed by atoms with Gasteiger partial charge in [0, 0.05) is 17.9 Å². The average Bonchev–Trinajstić information content (AvgIpc) is 2.61. The molecule has 0 unspecified atom stereocenters. The molecule has 0 atom stereocenters. The van der Waals surface area contributed by atoms with Crippen LogP contribution in [0.2, 0.25) is 0 Å². The van der Waals surface area contributed by atoms with Crippen molar-refractivity contribution in [2.24, 2.45) is 0 Å². The van der Waals surface area contributed by atoms with Crippen molar-refractivity contribution >= 4 is 16.9 Å². The van der Waals surface area contributed by atoms with Crippen molar-refractivity contribution in [1.29, 1.82) is 0 Å². The number of carbonyl (C=O) groups is 1. The molecule has 0 bridgehead atoms. The van der Waals surface area contributed by atoms with Crippen LogP contribution in [0.4, 0.5) is 0 Å². The van der Waals surface area contributed by atoms with Gasteiger partial charge < -0.3 is 13.9 Å². The normalized spacial score (nSPS) is 10.6. The molecule has 5 nitrogen and oxygen atoms in total. The Morgan fingerprint density at radius 2 is 1.75 bits per heavy atom. The van der Waals surface area contributed by atoms with Gasteiger partial charge in [0.05, 0.1) is 12.7 Å². The fourth-order valence-electron chi connectivity index (χ4n) is 2.33. The lowest BCUT2D eigenvalue weighted by atomic mass is 10.1. The topological polar surface area (TPSA) is 65.7 Å². The molecule has 0 aliphatic heterocycles. The second-order valence-electron chi connectivity index (χ2n) is 5.20. The molecular weight excluding hydrogens is 308 g/mol. The first-order valence-corrected chi connectivity index (χ1v) is 7.53. The summed E-state index contributed by atoms with van der Waals surface area (Å²) in [7, 11) is 1.59. The summed E-state index contributed by atoms with van der Waals surface area (Å²) < 4.78 is 15.6. The van der Waals surface area contributed by atoms with Crippen molar-refractivity contribution in [3.8, 4) is 22.6 Å². The van der Waals surface area contributed by atoms with Crippen LogP contribution >= 0.6 is 0 Å². The van der Waals surface area contributed by atoms with Crippen LogP contribution in [0.3, 0.4) is 0 Å². The van der Waals surface area contributed by atoms with Crippen LogP contribution in [0, 0.1) is 0 Å². The Hall–Kier alpha value is -3.08. The van der Waals surface area contributed by atoms with E-state index in [1.165, 1.54) is 0 Å². The highest BCUT2D eigenvalue weighted by Gasteiger charge is 2.10. The van der Waals surface area contributed by atoms with E-state index < -0.39 is 5.63 Å². The van der Waals surface area contributed by atoms with Gasteiger partial charge in [0.15, 0.2) is 0 Å². The number of hydrogen-bond acceptors (Lipinski definition) is 5. The zero-order valence-corrected chi connectivity index (χ0v) is 13.4. The smallest absolute Gasteiger partial charge is 0.344 e. The van der Waals surface area contributed by atoms with Crippen LogP contribution in [0.1, 0.15) is 13.3 Å². The third-order valence-corrected chi connectivity index (χ3v) is 3.63. The highest BCUT2D eigenvalue weighted by molar-refractivity contribution is 5.83. The Bertz CT molecular complexity index is 938. The molecule has 0 radical (unpaired) electrons. The number of esters is 1. The van der Waals surface area contributed by atoms with Gasteiger partial charge in [-0.25, -0.2) is 4.79 Å². The van der Waals surface area contributed by atoms with Crippen molar-refractivity contribution in [1.82, 2.24) is 0 Å². The summed E-state index contributed by atoms with van der Waals surface area (Å²) in [5.74, 6) is 0.729. The molecule has 0 spiro atoms. The van der Waals surface area contributed by atoms with Crippen LogP contribution in [0.25, 0.3) is 22.1 Å².